The van der Waals surface area contributed by atoms with Crippen LogP contribution in [0.1, 0.15) is 54.9 Å². The molecular formula is C22H42O4S2Si. The van der Waals surface area contributed by atoms with Gasteiger partial charge in [0.25, 0.3) is 0 Å². The van der Waals surface area contributed by atoms with E-state index in [-0.39, 0.29) is 21.8 Å². The van der Waals surface area contributed by atoms with Gasteiger partial charge in [-0.1, -0.05) is 46.8 Å². The number of aliphatic hydroxyl groups excluding tert-OH is 1. The molecule has 2 fully saturated rings. The van der Waals surface area contributed by atoms with Gasteiger partial charge in [0.05, 0.1) is 10.7 Å². The third kappa shape index (κ3) is 6.99. The van der Waals surface area contributed by atoms with Gasteiger partial charge in [0.15, 0.2) is 14.1 Å². The van der Waals surface area contributed by atoms with Gasteiger partial charge in [-0.05, 0) is 55.8 Å². The molecule has 0 saturated carbocycles. The summed E-state index contributed by atoms with van der Waals surface area (Å²) in [6.45, 7) is 19.5. The molecule has 2 aliphatic heterocycles. The number of aliphatic hydroxyl groups is 1. The summed E-state index contributed by atoms with van der Waals surface area (Å²) < 4.78 is 19.6. The van der Waals surface area contributed by atoms with Gasteiger partial charge in [-0.2, -0.15) is 0 Å². The predicted molar refractivity (Wildman–Crippen MR) is 129 cm³/mol. The Bertz CT molecular complexity index is 554. The van der Waals surface area contributed by atoms with Gasteiger partial charge in [-0.25, -0.2) is 0 Å². The molecule has 0 aromatic rings. The molecule has 4 atom stereocenters. The fraction of sp³-hybridized carbons (Fsp3) is 0.909. The Labute approximate surface area is 188 Å². The second-order valence-corrected chi connectivity index (χ2v) is 18.0. The highest BCUT2D eigenvalue weighted by Crippen LogP contribution is 2.43. The number of hydrogen-bond donors (Lipinski definition) is 1. The molecule has 170 valence electrons. The van der Waals surface area contributed by atoms with Crippen LogP contribution in [0.5, 0.6) is 0 Å². The first-order valence-corrected chi connectivity index (χ1v) is 15.9. The molecule has 2 heterocycles. The minimum atomic E-state index is -2.04. The Morgan fingerprint density at radius 3 is 2.14 bits per heavy atom. The number of hydrogen-bond acceptors (Lipinski definition) is 6. The van der Waals surface area contributed by atoms with Crippen LogP contribution in [0.2, 0.25) is 18.1 Å². The van der Waals surface area contributed by atoms with E-state index in [1.807, 2.05) is 37.4 Å². The standard InChI is InChI=1S/C22H42O4S2Si/c1-15(2)11-12-16(26-29(8,9)21(3,4)5)18-19(25-22(6,7)24-18)17(23)20-27-13-10-14-28-20/h11-12,15-20,23H,10,13-14H2,1-9H3/b12-11+/t16-,17-,18+,19+/m1/s1. The topological polar surface area (TPSA) is 47.9 Å². The molecule has 29 heavy (non-hydrogen) atoms. The molecule has 2 rings (SSSR count). The second kappa shape index (κ2) is 9.97. The Morgan fingerprint density at radius 1 is 1.07 bits per heavy atom. The zero-order chi connectivity index (χ0) is 22.0. The van der Waals surface area contributed by atoms with E-state index in [0.29, 0.717) is 5.92 Å². The van der Waals surface area contributed by atoms with Crippen molar-refractivity contribution in [3.05, 3.63) is 12.2 Å². The molecule has 0 bridgehead atoms. The van der Waals surface area contributed by atoms with Crippen LogP contribution in [0.4, 0.5) is 0 Å². The molecule has 2 saturated heterocycles. The van der Waals surface area contributed by atoms with Crippen molar-refractivity contribution in [2.45, 2.75) is 108 Å². The quantitative estimate of drug-likeness (QED) is 0.389. The summed E-state index contributed by atoms with van der Waals surface area (Å²) in [4.78, 5) is 0. The Morgan fingerprint density at radius 2 is 1.62 bits per heavy atom. The maximum Gasteiger partial charge on any atom is 0.193 e. The Balaban J connectivity index is 2.31. The highest BCUT2D eigenvalue weighted by Gasteiger charge is 2.52. The summed E-state index contributed by atoms with van der Waals surface area (Å²) in [5.41, 5.74) is 0. The van der Waals surface area contributed by atoms with Gasteiger partial charge in [-0.15, -0.1) is 23.5 Å². The van der Waals surface area contributed by atoms with Crippen LogP contribution in [0, 0.1) is 5.92 Å². The lowest BCUT2D eigenvalue weighted by Gasteiger charge is -2.41. The van der Waals surface area contributed by atoms with Crippen molar-refractivity contribution in [3.63, 3.8) is 0 Å². The SMILES string of the molecule is CC(C)/C=C/[C@@H](O[Si](C)(C)C(C)(C)C)[C@@H]1OC(C)(C)O[C@H]1[C@@H](O)C1SCCCS1. The fourth-order valence-corrected chi connectivity index (χ4v) is 7.44. The molecule has 7 heteroatoms. The third-order valence-electron chi connectivity index (χ3n) is 5.88. The first kappa shape index (κ1) is 25.8. The molecule has 0 radical (unpaired) electrons. The van der Waals surface area contributed by atoms with E-state index in [1.54, 1.807) is 0 Å². The first-order chi connectivity index (χ1) is 13.2. The van der Waals surface area contributed by atoms with E-state index >= 15 is 0 Å². The van der Waals surface area contributed by atoms with Crippen molar-refractivity contribution in [1.29, 1.82) is 0 Å². The van der Waals surface area contributed by atoms with Crippen molar-refractivity contribution >= 4 is 31.8 Å². The molecule has 0 aromatic heterocycles. The van der Waals surface area contributed by atoms with Crippen molar-refractivity contribution < 1.29 is 19.0 Å². The van der Waals surface area contributed by atoms with Gasteiger partial charge in [-0.3, -0.25) is 0 Å². The van der Waals surface area contributed by atoms with Crippen LogP contribution >= 0.6 is 23.5 Å². The van der Waals surface area contributed by atoms with Gasteiger partial charge in [0, 0.05) is 0 Å². The first-order valence-electron chi connectivity index (χ1n) is 10.9. The normalized spacial score (nSPS) is 28.9. The van der Waals surface area contributed by atoms with E-state index in [9.17, 15) is 5.11 Å². The number of thioether (sulfide) groups is 2. The lowest BCUT2D eigenvalue weighted by atomic mass is 10.0. The van der Waals surface area contributed by atoms with Gasteiger partial charge in [0.1, 0.15) is 18.3 Å². The Hall–Kier alpha value is 0.497. The summed E-state index contributed by atoms with van der Waals surface area (Å²) in [7, 11) is -2.04. The van der Waals surface area contributed by atoms with Crippen molar-refractivity contribution in [2.24, 2.45) is 5.92 Å². The van der Waals surface area contributed by atoms with Crippen molar-refractivity contribution in [3.8, 4) is 0 Å². The zero-order valence-electron chi connectivity index (χ0n) is 19.7. The van der Waals surface area contributed by atoms with Crippen molar-refractivity contribution in [2.75, 3.05) is 11.5 Å². The number of rotatable bonds is 7. The van der Waals surface area contributed by atoms with Crippen molar-refractivity contribution in [1.82, 2.24) is 0 Å². The van der Waals surface area contributed by atoms with E-state index in [1.165, 1.54) is 6.42 Å². The predicted octanol–water partition coefficient (Wildman–Crippen LogP) is 5.67. The molecule has 4 nitrogen and oxygen atoms in total. The molecule has 2 aliphatic rings. The molecular weight excluding hydrogens is 420 g/mol. The highest BCUT2D eigenvalue weighted by atomic mass is 32.2. The van der Waals surface area contributed by atoms with E-state index in [0.717, 1.165) is 11.5 Å². The molecule has 0 aliphatic carbocycles. The molecule has 1 N–H and O–H groups in total. The largest absolute Gasteiger partial charge is 0.408 e. The Kier molecular flexibility index (Phi) is 8.85. The summed E-state index contributed by atoms with van der Waals surface area (Å²) >= 11 is 3.67. The number of ether oxygens (including phenoxy) is 2. The lowest BCUT2D eigenvalue weighted by molar-refractivity contribution is -0.157. The third-order valence-corrected chi connectivity index (χ3v) is 13.4. The summed E-state index contributed by atoms with van der Waals surface area (Å²) in [6.07, 6.45) is 3.96. The van der Waals surface area contributed by atoms with Crippen LogP contribution in [0.3, 0.4) is 0 Å². The minimum absolute atomic E-state index is 0.0923. The van der Waals surface area contributed by atoms with E-state index < -0.39 is 26.3 Å². The summed E-state index contributed by atoms with van der Waals surface area (Å²) in [5, 5.41) is 11.3. The molecule has 0 amide bonds. The highest BCUT2D eigenvalue weighted by molar-refractivity contribution is 8.17. The van der Waals surface area contributed by atoms with Crippen LogP contribution in [-0.4, -0.2) is 59.7 Å². The van der Waals surface area contributed by atoms with Gasteiger partial charge >= 0.3 is 0 Å². The van der Waals surface area contributed by atoms with Crippen LogP contribution in [0.25, 0.3) is 0 Å². The van der Waals surface area contributed by atoms with E-state index in [4.69, 9.17) is 13.9 Å². The maximum atomic E-state index is 11.2. The fourth-order valence-electron chi connectivity index (χ4n) is 3.26. The smallest absolute Gasteiger partial charge is 0.193 e. The zero-order valence-corrected chi connectivity index (χ0v) is 22.4. The van der Waals surface area contributed by atoms with Crippen LogP contribution in [0.15, 0.2) is 12.2 Å². The molecule has 0 aromatic carbocycles. The minimum Gasteiger partial charge on any atom is -0.408 e. The van der Waals surface area contributed by atoms with E-state index in [2.05, 4.69) is 59.9 Å². The average Bonchev–Trinajstić information content (AvgIpc) is 2.93. The monoisotopic (exact) mass is 462 g/mol. The van der Waals surface area contributed by atoms with Gasteiger partial charge < -0.3 is 19.0 Å². The second-order valence-electron chi connectivity index (χ2n) is 10.5. The summed E-state index contributed by atoms with van der Waals surface area (Å²) in [5.74, 6) is 1.87. The molecule has 0 unspecified atom stereocenters. The molecule has 0 spiro atoms. The number of allylic oxidation sites excluding steroid dienone is 1. The maximum absolute atomic E-state index is 11.2. The summed E-state index contributed by atoms with van der Waals surface area (Å²) in [6, 6.07) is 0. The van der Waals surface area contributed by atoms with Crippen LogP contribution in [-0.2, 0) is 13.9 Å². The van der Waals surface area contributed by atoms with Gasteiger partial charge in [0.2, 0.25) is 0 Å². The lowest BCUT2D eigenvalue weighted by Crippen LogP contribution is -2.51. The average molecular weight is 463 g/mol. The van der Waals surface area contributed by atoms with Crippen LogP contribution < -0.4 is 0 Å².